The summed E-state index contributed by atoms with van der Waals surface area (Å²) in [7, 11) is 0.0178. The molecule has 0 aliphatic rings. The van der Waals surface area contributed by atoms with Crippen LogP contribution in [0.2, 0.25) is 18.1 Å². The van der Waals surface area contributed by atoms with Crippen LogP contribution < -0.4 is 0 Å². The molecule has 1 rings (SSSR count). The fraction of sp³-hybridized carbons (Fsp3) is 0.696. The average Bonchev–Trinajstić information content (AvgIpc) is 2.63. The third-order valence-corrected chi connectivity index (χ3v) is 10.8. The van der Waals surface area contributed by atoms with Crippen LogP contribution in [0.3, 0.4) is 0 Å². The summed E-state index contributed by atoms with van der Waals surface area (Å²) in [5.74, 6) is 0.283. The molecule has 4 nitrogen and oxygen atoms in total. The monoisotopic (exact) mass is 407 g/mol. The lowest BCUT2D eigenvalue weighted by atomic mass is 9.95. The van der Waals surface area contributed by atoms with E-state index in [1.54, 1.807) is 11.9 Å². The molecule has 160 valence electrons. The van der Waals surface area contributed by atoms with Gasteiger partial charge in [0.1, 0.15) is 0 Å². The number of aliphatic hydroxyl groups is 1. The molecule has 0 unspecified atom stereocenters. The number of carbonyl (C=O) groups excluding carboxylic acids is 1. The van der Waals surface area contributed by atoms with Crippen LogP contribution in [-0.2, 0) is 9.22 Å². The summed E-state index contributed by atoms with van der Waals surface area (Å²) in [5, 5.41) is 10.8. The smallest absolute Gasteiger partial charge is 0.225 e. The predicted octanol–water partition coefficient (Wildman–Crippen LogP) is 5.25. The minimum Gasteiger partial charge on any atom is -0.417 e. The minimum atomic E-state index is -1.77. The third kappa shape index (κ3) is 6.71. The van der Waals surface area contributed by atoms with Gasteiger partial charge in [-0.2, -0.15) is 0 Å². The first-order valence-electron chi connectivity index (χ1n) is 10.4. The van der Waals surface area contributed by atoms with E-state index in [-0.39, 0.29) is 22.9 Å². The molecule has 1 aromatic rings. The summed E-state index contributed by atoms with van der Waals surface area (Å²) >= 11 is 0. The molecule has 0 heterocycles. The maximum Gasteiger partial charge on any atom is 0.225 e. The quantitative estimate of drug-likeness (QED) is 0.569. The van der Waals surface area contributed by atoms with Crippen molar-refractivity contribution in [1.29, 1.82) is 0 Å². The zero-order valence-electron chi connectivity index (χ0n) is 19.3. The molecule has 0 aromatic heterocycles. The van der Waals surface area contributed by atoms with Crippen LogP contribution in [0.15, 0.2) is 30.3 Å². The van der Waals surface area contributed by atoms with Crippen molar-refractivity contribution in [3.05, 3.63) is 35.9 Å². The van der Waals surface area contributed by atoms with Gasteiger partial charge in [0.05, 0.1) is 12.1 Å². The Balaban J connectivity index is 2.61. The molecular weight excluding hydrogens is 366 g/mol. The van der Waals surface area contributed by atoms with E-state index >= 15 is 0 Å². The number of rotatable bonds is 9. The predicted molar refractivity (Wildman–Crippen MR) is 120 cm³/mol. The van der Waals surface area contributed by atoms with E-state index in [9.17, 15) is 9.90 Å². The number of likely N-dealkylation sites (N-methyl/N-ethyl adjacent to an activating group) is 1. The highest BCUT2D eigenvalue weighted by Crippen LogP contribution is 2.37. The molecule has 0 fully saturated rings. The van der Waals surface area contributed by atoms with Crippen molar-refractivity contribution >= 4 is 14.2 Å². The van der Waals surface area contributed by atoms with Crippen LogP contribution >= 0.6 is 0 Å². The van der Waals surface area contributed by atoms with Gasteiger partial charge in [0.2, 0.25) is 5.91 Å². The molecule has 4 atom stereocenters. The molecule has 0 aliphatic carbocycles. The summed E-state index contributed by atoms with van der Waals surface area (Å²) in [6, 6.07) is 9.23. The van der Waals surface area contributed by atoms with E-state index in [0.717, 1.165) is 12.0 Å². The first kappa shape index (κ1) is 24.9. The lowest BCUT2D eigenvalue weighted by Gasteiger charge is -2.37. The van der Waals surface area contributed by atoms with Crippen molar-refractivity contribution in [2.24, 2.45) is 11.8 Å². The Hall–Kier alpha value is -1.17. The zero-order chi connectivity index (χ0) is 21.7. The van der Waals surface area contributed by atoms with Crippen molar-refractivity contribution in [1.82, 2.24) is 4.90 Å². The summed E-state index contributed by atoms with van der Waals surface area (Å²) in [5.41, 5.74) is 0.832. The van der Waals surface area contributed by atoms with Crippen LogP contribution in [0.25, 0.3) is 0 Å². The van der Waals surface area contributed by atoms with Crippen LogP contribution in [0.5, 0.6) is 0 Å². The van der Waals surface area contributed by atoms with Gasteiger partial charge in [-0.3, -0.25) is 4.79 Å². The van der Waals surface area contributed by atoms with Crippen LogP contribution in [-0.4, -0.2) is 43.9 Å². The van der Waals surface area contributed by atoms with Gasteiger partial charge in [0.25, 0.3) is 0 Å². The number of carbonyl (C=O) groups is 1. The molecule has 28 heavy (non-hydrogen) atoms. The Kier molecular flexibility index (Phi) is 8.91. The Morgan fingerprint density at radius 3 is 2.18 bits per heavy atom. The molecule has 0 bridgehead atoms. The first-order chi connectivity index (χ1) is 12.8. The second-order valence-electron chi connectivity index (χ2n) is 9.86. The van der Waals surface area contributed by atoms with Gasteiger partial charge >= 0.3 is 0 Å². The lowest BCUT2D eigenvalue weighted by Crippen LogP contribution is -2.43. The average molecular weight is 408 g/mol. The van der Waals surface area contributed by atoms with E-state index in [1.165, 1.54) is 0 Å². The molecular formula is C23H41NO3Si. The normalized spacial score (nSPS) is 16.9. The molecule has 0 radical (unpaired) electrons. The molecule has 1 N–H and O–H groups in total. The molecule has 0 saturated carbocycles. The number of amides is 1. The second kappa shape index (κ2) is 10.0. The minimum absolute atomic E-state index is 0.0710. The van der Waals surface area contributed by atoms with Crippen molar-refractivity contribution in [2.45, 2.75) is 78.2 Å². The van der Waals surface area contributed by atoms with Crippen molar-refractivity contribution < 1.29 is 14.3 Å². The Labute approximate surface area is 173 Å². The number of benzene rings is 1. The number of hydrogen-bond donors (Lipinski definition) is 1. The molecule has 5 heteroatoms. The van der Waals surface area contributed by atoms with Gasteiger partial charge in [0.15, 0.2) is 8.32 Å². The summed E-state index contributed by atoms with van der Waals surface area (Å²) in [6.07, 6.45) is 0.0908. The van der Waals surface area contributed by atoms with E-state index < -0.39 is 14.4 Å². The summed E-state index contributed by atoms with van der Waals surface area (Å²) < 4.78 is 6.31. The van der Waals surface area contributed by atoms with Crippen LogP contribution in [0.4, 0.5) is 0 Å². The SMILES string of the molecule is C[C@@H](CO[Si](C)(C)C(C)(C)C)C[C@H](C)C(=O)N(C)[C@H](C)[C@H](O)c1ccccc1. The van der Waals surface area contributed by atoms with Crippen molar-refractivity contribution in [3.63, 3.8) is 0 Å². The van der Waals surface area contributed by atoms with Gasteiger partial charge in [0, 0.05) is 19.6 Å². The van der Waals surface area contributed by atoms with Crippen LogP contribution in [0, 0.1) is 11.8 Å². The fourth-order valence-corrected chi connectivity index (χ4v) is 4.16. The third-order valence-electron chi connectivity index (χ3n) is 6.27. The summed E-state index contributed by atoms with van der Waals surface area (Å²) in [6.45, 7) is 18.0. The maximum atomic E-state index is 12.9. The van der Waals surface area contributed by atoms with E-state index in [4.69, 9.17) is 4.43 Å². The molecule has 0 spiro atoms. The topological polar surface area (TPSA) is 49.8 Å². The molecule has 1 aromatic carbocycles. The van der Waals surface area contributed by atoms with E-state index in [0.29, 0.717) is 12.5 Å². The molecule has 1 amide bonds. The maximum absolute atomic E-state index is 12.9. The van der Waals surface area contributed by atoms with Gasteiger partial charge in [-0.15, -0.1) is 0 Å². The van der Waals surface area contributed by atoms with Gasteiger partial charge in [-0.25, -0.2) is 0 Å². The van der Waals surface area contributed by atoms with Gasteiger partial charge in [-0.1, -0.05) is 65.0 Å². The zero-order valence-corrected chi connectivity index (χ0v) is 20.3. The van der Waals surface area contributed by atoms with E-state index in [1.807, 2.05) is 44.2 Å². The number of aliphatic hydroxyl groups excluding tert-OH is 1. The highest BCUT2D eigenvalue weighted by Gasteiger charge is 2.37. The van der Waals surface area contributed by atoms with E-state index in [2.05, 4.69) is 40.8 Å². The summed E-state index contributed by atoms with van der Waals surface area (Å²) in [4.78, 5) is 14.6. The second-order valence-corrected chi connectivity index (χ2v) is 14.7. The largest absolute Gasteiger partial charge is 0.417 e. The number of nitrogens with zero attached hydrogens (tertiary/aromatic N) is 1. The van der Waals surface area contributed by atoms with Gasteiger partial charge in [-0.05, 0) is 43.0 Å². The van der Waals surface area contributed by atoms with Crippen LogP contribution in [0.1, 0.15) is 59.6 Å². The highest BCUT2D eigenvalue weighted by molar-refractivity contribution is 6.74. The Morgan fingerprint density at radius 2 is 1.68 bits per heavy atom. The molecule has 0 saturated heterocycles. The Morgan fingerprint density at radius 1 is 1.14 bits per heavy atom. The standard InChI is InChI=1S/C23H41NO3Si/c1-17(16-27-28(8,9)23(4,5)6)15-18(2)22(26)24(7)19(3)21(25)20-13-11-10-12-14-20/h10-14,17-19,21,25H,15-16H2,1-9H3/t17-,18+,19-,21+/m1/s1. The molecule has 0 aliphatic heterocycles. The highest BCUT2D eigenvalue weighted by atomic mass is 28.4. The lowest BCUT2D eigenvalue weighted by molar-refractivity contribution is -0.138. The number of hydrogen-bond acceptors (Lipinski definition) is 3. The van der Waals surface area contributed by atoms with Crippen molar-refractivity contribution in [2.75, 3.05) is 13.7 Å². The first-order valence-corrected chi connectivity index (χ1v) is 13.3. The van der Waals surface area contributed by atoms with Crippen molar-refractivity contribution in [3.8, 4) is 0 Å². The van der Waals surface area contributed by atoms with Gasteiger partial charge < -0.3 is 14.4 Å². The Bertz CT molecular complexity index is 612. The fourth-order valence-electron chi connectivity index (χ4n) is 3.03.